The second-order valence-electron chi connectivity index (χ2n) is 4.67. The molecule has 0 spiro atoms. The van der Waals surface area contributed by atoms with Crippen LogP contribution in [0.25, 0.3) is 0 Å². The van der Waals surface area contributed by atoms with Crippen molar-refractivity contribution in [3.8, 4) is 5.75 Å². The van der Waals surface area contributed by atoms with Crippen molar-refractivity contribution in [3.63, 3.8) is 0 Å². The molecule has 0 fully saturated rings. The van der Waals surface area contributed by atoms with Gasteiger partial charge in [0.15, 0.2) is 0 Å². The second kappa shape index (κ2) is 3.64. The van der Waals surface area contributed by atoms with E-state index in [1.807, 2.05) is 19.1 Å². The molecule has 1 N–H and O–H groups in total. The average Bonchev–Trinajstić information content (AvgIpc) is 2.11. The molecule has 14 heavy (non-hydrogen) atoms. The number of hydrogen-bond acceptors (Lipinski definition) is 1. The molecule has 0 heterocycles. The van der Waals surface area contributed by atoms with Gasteiger partial charge in [-0.3, -0.25) is 0 Å². The lowest BCUT2D eigenvalue weighted by atomic mass is 9.79. The molecule has 1 nitrogen and oxygen atoms in total. The van der Waals surface area contributed by atoms with Crippen molar-refractivity contribution in [2.75, 3.05) is 0 Å². The summed E-state index contributed by atoms with van der Waals surface area (Å²) in [5, 5.41) is 9.58. The summed E-state index contributed by atoms with van der Waals surface area (Å²) in [6.07, 6.45) is 1.08. The molecule has 78 valence electrons. The van der Waals surface area contributed by atoms with Crippen LogP contribution in [0.1, 0.15) is 43.9 Å². The van der Waals surface area contributed by atoms with Crippen molar-refractivity contribution in [2.24, 2.45) is 0 Å². The van der Waals surface area contributed by atoms with Crippen molar-refractivity contribution in [2.45, 2.75) is 46.5 Å². The fourth-order valence-electron chi connectivity index (χ4n) is 1.73. The lowest BCUT2D eigenvalue weighted by Crippen LogP contribution is -2.17. The van der Waals surface area contributed by atoms with Crippen LogP contribution in [0.2, 0.25) is 0 Å². The zero-order valence-corrected chi connectivity index (χ0v) is 9.81. The fraction of sp³-hybridized carbons (Fsp3) is 0.538. The van der Waals surface area contributed by atoms with Crippen LogP contribution < -0.4 is 0 Å². The topological polar surface area (TPSA) is 20.2 Å². The summed E-state index contributed by atoms with van der Waals surface area (Å²) < 4.78 is 0. The first-order chi connectivity index (χ1) is 6.38. The molecule has 0 radical (unpaired) electrons. The minimum absolute atomic E-state index is 0.146. The first kappa shape index (κ1) is 11.1. The van der Waals surface area contributed by atoms with Crippen molar-refractivity contribution in [3.05, 3.63) is 28.8 Å². The SMILES string of the molecule is CCC(C)(C)c1cc(O)cc(C)c1C. The molecule has 0 aliphatic carbocycles. The van der Waals surface area contributed by atoms with Gasteiger partial charge in [-0.25, -0.2) is 0 Å². The van der Waals surface area contributed by atoms with E-state index in [2.05, 4.69) is 27.7 Å². The van der Waals surface area contributed by atoms with Gasteiger partial charge in [0.25, 0.3) is 0 Å². The van der Waals surface area contributed by atoms with Crippen LogP contribution in [0.5, 0.6) is 5.75 Å². The van der Waals surface area contributed by atoms with Crippen LogP contribution in [0.4, 0.5) is 0 Å². The molecular formula is C13H20O. The molecule has 0 amide bonds. The molecule has 0 unspecified atom stereocenters. The van der Waals surface area contributed by atoms with Crippen molar-refractivity contribution in [1.82, 2.24) is 0 Å². The molecule has 1 rings (SSSR count). The van der Waals surface area contributed by atoms with E-state index in [4.69, 9.17) is 0 Å². The van der Waals surface area contributed by atoms with Gasteiger partial charge in [0.2, 0.25) is 0 Å². The van der Waals surface area contributed by atoms with Gasteiger partial charge in [0, 0.05) is 0 Å². The third kappa shape index (κ3) is 1.92. The zero-order valence-electron chi connectivity index (χ0n) is 9.81. The van der Waals surface area contributed by atoms with Crippen LogP contribution >= 0.6 is 0 Å². The Hall–Kier alpha value is -0.980. The van der Waals surface area contributed by atoms with E-state index in [9.17, 15) is 5.11 Å². The molecule has 0 bridgehead atoms. The standard InChI is InChI=1S/C13H20O/c1-6-13(4,5)12-8-11(14)7-9(2)10(12)3/h7-8,14H,6H2,1-5H3. The molecule has 1 aromatic carbocycles. The molecule has 1 heteroatoms. The summed E-state index contributed by atoms with van der Waals surface area (Å²) >= 11 is 0. The smallest absolute Gasteiger partial charge is 0.116 e. The Morgan fingerprint density at radius 3 is 2.29 bits per heavy atom. The third-order valence-corrected chi connectivity index (χ3v) is 3.27. The minimum atomic E-state index is 0.146. The van der Waals surface area contributed by atoms with Gasteiger partial charge < -0.3 is 5.11 Å². The maximum absolute atomic E-state index is 9.58. The first-order valence-electron chi connectivity index (χ1n) is 5.19. The van der Waals surface area contributed by atoms with Crippen LogP contribution in [0, 0.1) is 13.8 Å². The van der Waals surface area contributed by atoms with Gasteiger partial charge in [0.1, 0.15) is 5.75 Å². The molecule has 0 aromatic heterocycles. The lowest BCUT2D eigenvalue weighted by Gasteiger charge is -2.26. The fourth-order valence-corrected chi connectivity index (χ4v) is 1.73. The van der Waals surface area contributed by atoms with Gasteiger partial charge in [0.05, 0.1) is 0 Å². The van der Waals surface area contributed by atoms with Gasteiger partial charge in [-0.2, -0.15) is 0 Å². The van der Waals surface area contributed by atoms with Gasteiger partial charge in [-0.15, -0.1) is 0 Å². The van der Waals surface area contributed by atoms with E-state index in [1.54, 1.807) is 0 Å². The van der Waals surface area contributed by atoms with E-state index in [0.717, 1.165) is 6.42 Å². The summed E-state index contributed by atoms with van der Waals surface area (Å²) in [7, 11) is 0. The number of phenols is 1. The maximum Gasteiger partial charge on any atom is 0.116 e. The normalized spacial score (nSPS) is 11.8. The molecule has 0 atom stereocenters. The molecule has 1 aromatic rings. The Morgan fingerprint density at radius 1 is 1.21 bits per heavy atom. The third-order valence-electron chi connectivity index (χ3n) is 3.27. The second-order valence-corrected chi connectivity index (χ2v) is 4.67. The van der Waals surface area contributed by atoms with Crippen molar-refractivity contribution < 1.29 is 5.11 Å². The summed E-state index contributed by atoms with van der Waals surface area (Å²) in [5.41, 5.74) is 3.88. The largest absolute Gasteiger partial charge is 0.508 e. The highest BCUT2D eigenvalue weighted by atomic mass is 16.3. The van der Waals surface area contributed by atoms with Gasteiger partial charge in [-0.05, 0) is 54.5 Å². The maximum atomic E-state index is 9.58. The van der Waals surface area contributed by atoms with Gasteiger partial charge >= 0.3 is 0 Å². The molecular weight excluding hydrogens is 172 g/mol. The number of aromatic hydroxyl groups is 1. The molecule has 0 aliphatic rings. The molecule has 0 saturated carbocycles. The Kier molecular flexibility index (Phi) is 2.89. The Morgan fingerprint density at radius 2 is 1.79 bits per heavy atom. The highest BCUT2D eigenvalue weighted by Crippen LogP contribution is 2.33. The van der Waals surface area contributed by atoms with E-state index in [1.165, 1.54) is 16.7 Å². The molecule has 0 aliphatic heterocycles. The Labute approximate surface area is 86.8 Å². The number of aryl methyl sites for hydroxylation is 1. The number of benzene rings is 1. The van der Waals surface area contributed by atoms with Crippen LogP contribution in [0.3, 0.4) is 0 Å². The lowest BCUT2D eigenvalue weighted by molar-refractivity contribution is 0.462. The number of rotatable bonds is 2. The van der Waals surface area contributed by atoms with Crippen LogP contribution in [0.15, 0.2) is 12.1 Å². The summed E-state index contributed by atoms with van der Waals surface area (Å²) in [6.45, 7) is 10.8. The average molecular weight is 192 g/mol. The summed E-state index contributed by atoms with van der Waals surface area (Å²) in [6, 6.07) is 3.72. The van der Waals surface area contributed by atoms with E-state index >= 15 is 0 Å². The monoisotopic (exact) mass is 192 g/mol. The number of hydrogen-bond donors (Lipinski definition) is 1. The predicted octanol–water partition coefficient (Wildman–Crippen LogP) is 3.70. The van der Waals surface area contributed by atoms with Crippen molar-refractivity contribution >= 4 is 0 Å². The number of phenolic OH excluding ortho intramolecular Hbond substituents is 1. The van der Waals surface area contributed by atoms with Crippen LogP contribution in [-0.2, 0) is 5.41 Å². The predicted molar refractivity (Wildman–Crippen MR) is 60.9 cm³/mol. The van der Waals surface area contributed by atoms with Gasteiger partial charge in [-0.1, -0.05) is 20.8 Å². The Balaban J connectivity index is 3.34. The first-order valence-corrected chi connectivity index (χ1v) is 5.19. The minimum Gasteiger partial charge on any atom is -0.508 e. The summed E-state index contributed by atoms with van der Waals surface area (Å²) in [5.74, 6) is 0.379. The van der Waals surface area contributed by atoms with Crippen molar-refractivity contribution in [1.29, 1.82) is 0 Å². The molecule has 0 saturated heterocycles. The Bertz CT molecular complexity index is 337. The summed E-state index contributed by atoms with van der Waals surface area (Å²) in [4.78, 5) is 0. The van der Waals surface area contributed by atoms with Crippen LogP contribution in [-0.4, -0.2) is 5.11 Å². The zero-order chi connectivity index (χ0) is 10.9. The highest BCUT2D eigenvalue weighted by molar-refractivity contribution is 5.43. The van der Waals surface area contributed by atoms with E-state index in [0.29, 0.717) is 5.75 Å². The quantitative estimate of drug-likeness (QED) is 0.757. The highest BCUT2D eigenvalue weighted by Gasteiger charge is 2.21. The van der Waals surface area contributed by atoms with E-state index < -0.39 is 0 Å². The van der Waals surface area contributed by atoms with E-state index in [-0.39, 0.29) is 5.41 Å².